The number of aryl methyl sites for hydroxylation is 1. The van der Waals surface area contributed by atoms with E-state index in [1.54, 1.807) is 0 Å². The molecule has 0 aliphatic heterocycles. The molecule has 25 heavy (non-hydrogen) atoms. The highest BCUT2D eigenvalue weighted by Gasteiger charge is 2.47. The van der Waals surface area contributed by atoms with Gasteiger partial charge in [-0.15, -0.1) is 10.2 Å². The minimum atomic E-state index is -0.787. The SMILES string of the molecule is Cc1ccc(-n2c(Br)nnc2SC2(C(=O)O)CCC2)c2ccccc12. The number of hydrogen-bond acceptors (Lipinski definition) is 4. The van der Waals surface area contributed by atoms with E-state index < -0.39 is 10.7 Å². The molecular formula is C18H16BrN3O2S. The second-order valence-corrected chi connectivity index (χ2v) is 8.35. The van der Waals surface area contributed by atoms with Crippen molar-refractivity contribution >= 4 is 44.4 Å². The summed E-state index contributed by atoms with van der Waals surface area (Å²) in [4.78, 5) is 11.7. The molecule has 1 aliphatic rings. The molecule has 1 fully saturated rings. The predicted octanol–water partition coefficient (Wildman–Crippen LogP) is 4.59. The largest absolute Gasteiger partial charge is 0.480 e. The van der Waals surface area contributed by atoms with Gasteiger partial charge in [0.15, 0.2) is 5.16 Å². The lowest BCUT2D eigenvalue weighted by molar-refractivity contribution is -0.142. The number of thioether (sulfide) groups is 1. The summed E-state index contributed by atoms with van der Waals surface area (Å²) >= 11 is 4.77. The van der Waals surface area contributed by atoms with Crippen molar-refractivity contribution in [2.45, 2.75) is 36.1 Å². The minimum absolute atomic E-state index is 0.573. The number of hydrogen-bond donors (Lipinski definition) is 1. The van der Waals surface area contributed by atoms with E-state index in [-0.39, 0.29) is 0 Å². The zero-order chi connectivity index (χ0) is 17.6. The maximum atomic E-state index is 11.7. The molecule has 0 radical (unpaired) electrons. The summed E-state index contributed by atoms with van der Waals surface area (Å²) in [5, 5.41) is 20.9. The number of carboxylic acid groups (broad SMARTS) is 1. The first-order valence-electron chi connectivity index (χ1n) is 8.04. The Hall–Kier alpha value is -1.86. The van der Waals surface area contributed by atoms with Crippen molar-refractivity contribution in [1.82, 2.24) is 14.8 Å². The van der Waals surface area contributed by atoms with Crippen molar-refractivity contribution in [2.24, 2.45) is 0 Å². The van der Waals surface area contributed by atoms with Crippen LogP contribution in [0.2, 0.25) is 0 Å². The van der Waals surface area contributed by atoms with Gasteiger partial charge in [0.25, 0.3) is 0 Å². The van der Waals surface area contributed by atoms with Gasteiger partial charge in [0.1, 0.15) is 4.75 Å². The van der Waals surface area contributed by atoms with E-state index in [0.29, 0.717) is 22.7 Å². The number of carboxylic acids is 1. The van der Waals surface area contributed by atoms with Crippen LogP contribution in [0.3, 0.4) is 0 Å². The van der Waals surface area contributed by atoms with Gasteiger partial charge < -0.3 is 5.11 Å². The summed E-state index contributed by atoms with van der Waals surface area (Å²) < 4.78 is 1.68. The molecule has 1 N–H and O–H groups in total. The second-order valence-electron chi connectivity index (χ2n) is 6.29. The molecule has 0 spiro atoms. The van der Waals surface area contributed by atoms with Crippen molar-refractivity contribution in [3.8, 4) is 5.69 Å². The third kappa shape index (κ3) is 2.66. The van der Waals surface area contributed by atoms with Crippen molar-refractivity contribution in [3.05, 3.63) is 46.7 Å². The fourth-order valence-corrected chi connectivity index (χ4v) is 5.02. The van der Waals surface area contributed by atoms with Gasteiger partial charge in [-0.05, 0) is 59.1 Å². The van der Waals surface area contributed by atoms with E-state index in [9.17, 15) is 9.90 Å². The van der Waals surface area contributed by atoms with Gasteiger partial charge in [-0.1, -0.05) is 42.1 Å². The Labute approximate surface area is 157 Å². The van der Waals surface area contributed by atoms with Gasteiger partial charge in [-0.25, -0.2) is 0 Å². The van der Waals surface area contributed by atoms with E-state index in [1.165, 1.54) is 17.3 Å². The van der Waals surface area contributed by atoms with Gasteiger partial charge in [0, 0.05) is 5.39 Å². The fourth-order valence-electron chi connectivity index (χ4n) is 3.18. The molecule has 2 aromatic carbocycles. The second kappa shape index (κ2) is 6.14. The molecule has 0 bridgehead atoms. The van der Waals surface area contributed by atoms with Crippen LogP contribution >= 0.6 is 27.7 Å². The van der Waals surface area contributed by atoms with Gasteiger partial charge in [0.05, 0.1) is 5.69 Å². The number of aromatic nitrogens is 3. The highest BCUT2D eigenvalue weighted by Crippen LogP contribution is 2.48. The fraction of sp³-hybridized carbons (Fsp3) is 0.278. The normalized spacial score (nSPS) is 15.9. The molecule has 1 heterocycles. The monoisotopic (exact) mass is 417 g/mol. The lowest BCUT2D eigenvalue weighted by Gasteiger charge is -2.36. The number of rotatable bonds is 4. The summed E-state index contributed by atoms with van der Waals surface area (Å²) in [7, 11) is 0. The van der Waals surface area contributed by atoms with Crippen LogP contribution in [0.1, 0.15) is 24.8 Å². The molecule has 0 saturated heterocycles. The quantitative estimate of drug-likeness (QED) is 0.671. The summed E-state index contributed by atoms with van der Waals surface area (Å²) in [6.07, 6.45) is 2.25. The highest BCUT2D eigenvalue weighted by molar-refractivity contribution is 9.10. The molecule has 128 valence electrons. The van der Waals surface area contributed by atoms with Gasteiger partial charge in [-0.3, -0.25) is 9.36 Å². The third-order valence-corrected chi connectivity index (χ3v) is 6.73. The third-order valence-electron chi connectivity index (χ3n) is 4.79. The summed E-state index contributed by atoms with van der Waals surface area (Å²) in [5.74, 6) is -0.775. The van der Waals surface area contributed by atoms with Crippen molar-refractivity contribution in [3.63, 3.8) is 0 Å². The van der Waals surface area contributed by atoms with Crippen LogP contribution in [-0.4, -0.2) is 30.6 Å². The number of aliphatic carboxylic acids is 1. The first kappa shape index (κ1) is 16.6. The number of nitrogens with zero attached hydrogens (tertiary/aromatic N) is 3. The van der Waals surface area contributed by atoms with Crippen LogP contribution in [0.5, 0.6) is 0 Å². The summed E-state index contributed by atoms with van der Waals surface area (Å²) in [5.41, 5.74) is 2.14. The van der Waals surface area contributed by atoms with Crippen LogP contribution in [-0.2, 0) is 4.79 Å². The van der Waals surface area contributed by atoms with Gasteiger partial charge in [0.2, 0.25) is 4.73 Å². The van der Waals surface area contributed by atoms with Crippen molar-refractivity contribution < 1.29 is 9.90 Å². The highest BCUT2D eigenvalue weighted by atomic mass is 79.9. The molecule has 4 rings (SSSR count). The number of fused-ring (bicyclic) bond motifs is 1. The maximum Gasteiger partial charge on any atom is 0.320 e. The lowest BCUT2D eigenvalue weighted by Crippen LogP contribution is -2.42. The first-order chi connectivity index (χ1) is 12.0. The summed E-state index contributed by atoms with van der Waals surface area (Å²) in [6.45, 7) is 2.08. The molecule has 0 unspecified atom stereocenters. The Balaban J connectivity index is 1.87. The molecule has 0 amide bonds. The summed E-state index contributed by atoms with van der Waals surface area (Å²) in [6, 6.07) is 12.3. The standard InChI is InChI=1S/C18H16BrN3O2S/c1-11-7-8-14(13-6-3-2-5-12(11)13)22-16(19)20-21-17(22)25-18(15(23)24)9-4-10-18/h2-3,5-8H,4,9-10H2,1H3,(H,23,24). The van der Waals surface area contributed by atoms with E-state index in [4.69, 9.17) is 0 Å². The molecule has 5 nitrogen and oxygen atoms in total. The minimum Gasteiger partial charge on any atom is -0.480 e. The Morgan fingerprint density at radius 2 is 1.92 bits per heavy atom. The number of carbonyl (C=O) groups is 1. The lowest BCUT2D eigenvalue weighted by atomic mass is 9.84. The first-order valence-corrected chi connectivity index (χ1v) is 9.65. The zero-order valence-corrected chi connectivity index (χ0v) is 16.0. The maximum absolute atomic E-state index is 11.7. The molecule has 1 saturated carbocycles. The average Bonchev–Trinajstić information content (AvgIpc) is 2.92. The van der Waals surface area contributed by atoms with Crippen LogP contribution in [0.15, 0.2) is 46.3 Å². The Bertz CT molecular complexity index is 982. The van der Waals surface area contributed by atoms with Gasteiger partial charge >= 0.3 is 5.97 Å². The Morgan fingerprint density at radius 1 is 1.20 bits per heavy atom. The predicted molar refractivity (Wildman–Crippen MR) is 101 cm³/mol. The molecule has 7 heteroatoms. The zero-order valence-electron chi connectivity index (χ0n) is 13.6. The van der Waals surface area contributed by atoms with E-state index in [0.717, 1.165) is 22.9 Å². The van der Waals surface area contributed by atoms with Crippen molar-refractivity contribution in [2.75, 3.05) is 0 Å². The molecule has 3 aromatic rings. The van der Waals surface area contributed by atoms with Crippen LogP contribution < -0.4 is 0 Å². The number of halogens is 1. The Morgan fingerprint density at radius 3 is 2.56 bits per heavy atom. The van der Waals surface area contributed by atoms with E-state index in [2.05, 4.69) is 51.3 Å². The van der Waals surface area contributed by atoms with Gasteiger partial charge in [-0.2, -0.15) is 0 Å². The Kier molecular flexibility index (Phi) is 4.08. The molecule has 0 atom stereocenters. The van der Waals surface area contributed by atoms with Crippen LogP contribution in [0.25, 0.3) is 16.5 Å². The van der Waals surface area contributed by atoms with Crippen LogP contribution in [0.4, 0.5) is 0 Å². The smallest absolute Gasteiger partial charge is 0.320 e. The van der Waals surface area contributed by atoms with Crippen LogP contribution in [0, 0.1) is 6.92 Å². The molecular weight excluding hydrogens is 402 g/mol. The topological polar surface area (TPSA) is 68.0 Å². The van der Waals surface area contributed by atoms with E-state index >= 15 is 0 Å². The van der Waals surface area contributed by atoms with Crippen molar-refractivity contribution in [1.29, 1.82) is 0 Å². The molecule has 1 aliphatic carbocycles. The average molecular weight is 418 g/mol. The molecule has 1 aromatic heterocycles. The van der Waals surface area contributed by atoms with E-state index in [1.807, 2.05) is 22.8 Å². The number of benzene rings is 2.